The van der Waals surface area contributed by atoms with Gasteiger partial charge >= 0.3 is 11.9 Å². The lowest BCUT2D eigenvalue weighted by molar-refractivity contribution is -0.140. The Morgan fingerprint density at radius 2 is 2.10 bits per heavy atom. The molecule has 0 amide bonds. The molecule has 1 aromatic rings. The van der Waals surface area contributed by atoms with Crippen LogP contribution in [0.15, 0.2) is 17.2 Å². The molecule has 0 spiro atoms. The van der Waals surface area contributed by atoms with Gasteiger partial charge in [-0.2, -0.15) is 4.31 Å². The zero-order valence-corrected chi connectivity index (χ0v) is 12.5. The second-order valence-corrected chi connectivity index (χ2v) is 6.67. The molecule has 21 heavy (non-hydrogen) atoms. The molecule has 0 aromatic carbocycles. The molecule has 9 heteroatoms. The van der Waals surface area contributed by atoms with Crippen LogP contribution in [-0.4, -0.2) is 54.0 Å². The maximum atomic E-state index is 12.5. The smallest absolute Gasteiger partial charge is 0.354 e. The zero-order valence-electron chi connectivity index (χ0n) is 11.6. The molecule has 1 unspecified atom stereocenters. The van der Waals surface area contributed by atoms with E-state index in [4.69, 9.17) is 5.11 Å². The van der Waals surface area contributed by atoms with Gasteiger partial charge < -0.3 is 14.4 Å². The number of rotatable bonds is 4. The summed E-state index contributed by atoms with van der Waals surface area (Å²) in [6.07, 6.45) is 2.05. The molecule has 0 aliphatic carbocycles. The number of carbonyl (C=O) groups is 2. The number of carboxylic acids is 1. The summed E-state index contributed by atoms with van der Waals surface area (Å²) in [4.78, 5) is 22.5. The number of hydrogen-bond donors (Lipinski definition) is 1. The van der Waals surface area contributed by atoms with E-state index in [1.54, 1.807) is 0 Å². The number of carboxylic acid groups (broad SMARTS) is 1. The lowest BCUT2D eigenvalue weighted by Crippen LogP contribution is -2.40. The van der Waals surface area contributed by atoms with Gasteiger partial charge in [-0.15, -0.1) is 0 Å². The van der Waals surface area contributed by atoms with Gasteiger partial charge in [0, 0.05) is 19.8 Å². The van der Waals surface area contributed by atoms with E-state index in [2.05, 4.69) is 4.74 Å². The van der Waals surface area contributed by atoms with Gasteiger partial charge in [0.05, 0.1) is 7.11 Å². The van der Waals surface area contributed by atoms with Crippen LogP contribution in [0.3, 0.4) is 0 Å². The number of aromatic nitrogens is 1. The summed E-state index contributed by atoms with van der Waals surface area (Å²) in [6, 6.07) is 0.134. The molecular weight excluding hydrogens is 300 g/mol. The molecule has 1 aliphatic rings. The fourth-order valence-electron chi connectivity index (χ4n) is 2.39. The van der Waals surface area contributed by atoms with Gasteiger partial charge in [0.25, 0.3) is 0 Å². The van der Waals surface area contributed by atoms with Crippen LogP contribution in [0.4, 0.5) is 0 Å². The van der Waals surface area contributed by atoms with Crippen LogP contribution in [0.25, 0.3) is 0 Å². The third-order valence-corrected chi connectivity index (χ3v) is 5.34. The molecular formula is C12H16N2O6S. The summed E-state index contributed by atoms with van der Waals surface area (Å²) in [6.45, 7) is 0.155. The fourth-order valence-corrected chi connectivity index (χ4v) is 4.12. The highest BCUT2D eigenvalue weighted by molar-refractivity contribution is 7.89. The molecule has 0 bridgehead atoms. The molecule has 1 fully saturated rings. The number of carbonyl (C=O) groups excluding carboxylic acids is 1. The lowest BCUT2D eigenvalue weighted by atomic mass is 10.2. The van der Waals surface area contributed by atoms with E-state index < -0.39 is 28.0 Å². The third-order valence-electron chi connectivity index (χ3n) is 3.47. The SMILES string of the molecule is COC(=O)c1cc(S(=O)(=O)N2CCCC2C(=O)O)cn1C. The second-order valence-electron chi connectivity index (χ2n) is 4.78. The molecule has 2 heterocycles. The van der Waals surface area contributed by atoms with Crippen LogP contribution >= 0.6 is 0 Å². The van der Waals surface area contributed by atoms with Gasteiger partial charge in [0.15, 0.2) is 0 Å². The Morgan fingerprint density at radius 1 is 1.43 bits per heavy atom. The van der Waals surface area contributed by atoms with Crippen molar-refractivity contribution in [1.82, 2.24) is 8.87 Å². The first-order valence-corrected chi connectivity index (χ1v) is 7.72. The lowest BCUT2D eigenvalue weighted by Gasteiger charge is -2.19. The van der Waals surface area contributed by atoms with E-state index in [0.717, 1.165) is 4.31 Å². The second kappa shape index (κ2) is 5.49. The average Bonchev–Trinajstić information content (AvgIpc) is 3.04. The van der Waals surface area contributed by atoms with Crippen molar-refractivity contribution in [2.45, 2.75) is 23.8 Å². The van der Waals surface area contributed by atoms with E-state index in [1.165, 1.54) is 31.0 Å². The number of hydrogen-bond acceptors (Lipinski definition) is 5. The Balaban J connectivity index is 2.41. The van der Waals surface area contributed by atoms with E-state index in [1.807, 2.05) is 0 Å². The van der Waals surface area contributed by atoms with Gasteiger partial charge in [-0.25, -0.2) is 13.2 Å². The van der Waals surface area contributed by atoms with Gasteiger partial charge in [0.1, 0.15) is 16.6 Å². The molecule has 8 nitrogen and oxygen atoms in total. The zero-order chi connectivity index (χ0) is 15.8. The molecule has 0 saturated carbocycles. The molecule has 1 N–H and O–H groups in total. The normalized spacial score (nSPS) is 19.6. The first-order chi connectivity index (χ1) is 9.78. The van der Waals surface area contributed by atoms with Crippen molar-refractivity contribution >= 4 is 22.0 Å². The Kier molecular flexibility index (Phi) is 4.06. The van der Waals surface area contributed by atoms with Gasteiger partial charge in [0.2, 0.25) is 10.0 Å². The van der Waals surface area contributed by atoms with Crippen molar-refractivity contribution in [1.29, 1.82) is 0 Å². The monoisotopic (exact) mass is 316 g/mol. The van der Waals surface area contributed by atoms with Gasteiger partial charge in [-0.1, -0.05) is 0 Å². The number of methoxy groups -OCH3 is 1. The van der Waals surface area contributed by atoms with Crippen molar-refractivity contribution in [3.8, 4) is 0 Å². The number of sulfonamides is 1. The minimum atomic E-state index is -3.95. The van der Waals surface area contributed by atoms with Crippen molar-refractivity contribution < 1.29 is 27.9 Å². The Bertz CT molecular complexity index is 678. The molecule has 1 aliphatic heterocycles. The summed E-state index contributed by atoms with van der Waals surface area (Å²) >= 11 is 0. The maximum Gasteiger partial charge on any atom is 0.354 e. The Hall–Kier alpha value is -1.87. The molecule has 116 valence electrons. The first-order valence-electron chi connectivity index (χ1n) is 6.28. The highest BCUT2D eigenvalue weighted by Gasteiger charge is 2.40. The van der Waals surface area contributed by atoms with Crippen molar-refractivity contribution in [3.63, 3.8) is 0 Å². The fraction of sp³-hybridized carbons (Fsp3) is 0.500. The molecule has 1 atom stereocenters. The summed E-state index contributed by atoms with van der Waals surface area (Å²) in [5, 5.41) is 9.09. The van der Waals surface area contributed by atoms with Gasteiger partial charge in [-0.3, -0.25) is 4.79 Å². The van der Waals surface area contributed by atoms with Crippen LogP contribution in [0, 0.1) is 0 Å². The molecule has 1 aromatic heterocycles. The minimum absolute atomic E-state index is 0.0853. The van der Waals surface area contributed by atoms with E-state index in [9.17, 15) is 18.0 Å². The highest BCUT2D eigenvalue weighted by atomic mass is 32.2. The van der Waals surface area contributed by atoms with Crippen molar-refractivity contribution in [2.24, 2.45) is 7.05 Å². The van der Waals surface area contributed by atoms with Crippen LogP contribution in [0.2, 0.25) is 0 Å². The summed E-state index contributed by atoms with van der Waals surface area (Å²) in [5.41, 5.74) is 0.0853. The van der Waals surface area contributed by atoms with Crippen LogP contribution in [0.1, 0.15) is 23.3 Å². The largest absolute Gasteiger partial charge is 0.480 e. The first kappa shape index (κ1) is 15.5. The molecule has 2 rings (SSSR count). The standard InChI is InChI=1S/C12H16N2O6S/c1-13-7-8(6-10(13)12(17)20-2)21(18,19)14-5-3-4-9(14)11(15)16/h6-7,9H,3-5H2,1-2H3,(H,15,16). The van der Waals surface area contributed by atoms with E-state index in [0.29, 0.717) is 6.42 Å². The van der Waals surface area contributed by atoms with E-state index in [-0.39, 0.29) is 23.6 Å². The Labute approximate surface area is 122 Å². The number of esters is 1. The Morgan fingerprint density at radius 3 is 2.67 bits per heavy atom. The summed E-state index contributed by atoms with van der Waals surface area (Å²) < 4.78 is 31.9. The average molecular weight is 316 g/mol. The topological polar surface area (TPSA) is 106 Å². The third kappa shape index (κ3) is 2.66. The number of ether oxygens (including phenoxy) is 1. The van der Waals surface area contributed by atoms with Crippen molar-refractivity contribution in [2.75, 3.05) is 13.7 Å². The number of aliphatic carboxylic acids is 1. The molecule has 1 saturated heterocycles. The minimum Gasteiger partial charge on any atom is -0.480 e. The number of nitrogens with zero attached hydrogens (tertiary/aromatic N) is 2. The van der Waals surface area contributed by atoms with Crippen LogP contribution in [0.5, 0.6) is 0 Å². The quantitative estimate of drug-likeness (QED) is 0.787. The number of aryl methyl sites for hydroxylation is 1. The highest BCUT2D eigenvalue weighted by Crippen LogP contribution is 2.27. The predicted octanol–water partition coefficient (Wildman–Crippen LogP) is 0.0494. The van der Waals surface area contributed by atoms with E-state index >= 15 is 0 Å². The summed E-state index contributed by atoms with van der Waals surface area (Å²) in [7, 11) is -1.24. The maximum absolute atomic E-state index is 12.5. The van der Waals surface area contributed by atoms with Crippen LogP contribution in [-0.2, 0) is 26.6 Å². The van der Waals surface area contributed by atoms with Gasteiger partial charge in [-0.05, 0) is 18.9 Å². The summed E-state index contributed by atoms with van der Waals surface area (Å²) in [5.74, 6) is -1.82. The molecule has 0 radical (unpaired) electrons. The predicted molar refractivity (Wildman–Crippen MR) is 71.3 cm³/mol. The van der Waals surface area contributed by atoms with Crippen molar-refractivity contribution in [3.05, 3.63) is 18.0 Å². The van der Waals surface area contributed by atoms with Crippen LogP contribution < -0.4 is 0 Å².